The van der Waals surface area contributed by atoms with Crippen molar-refractivity contribution in [2.24, 2.45) is 0 Å². The molecule has 2 atom stereocenters. The number of carbonyl (C=O) groups excluding carboxylic acids is 2. The van der Waals surface area contributed by atoms with Crippen molar-refractivity contribution in [3.63, 3.8) is 0 Å². The Kier molecular flexibility index (Phi) is 7.21. The molecular weight excluding hydrogens is 473 g/mol. The van der Waals surface area contributed by atoms with Crippen LogP contribution in [-0.2, 0) is 11.2 Å². The summed E-state index contributed by atoms with van der Waals surface area (Å²) in [6.45, 7) is 7.09. The molecule has 1 aromatic heterocycles. The number of aryl methyl sites for hydroxylation is 1. The average Bonchev–Trinajstić information content (AvgIpc) is 3.36. The van der Waals surface area contributed by atoms with E-state index in [1.807, 2.05) is 54.0 Å². The van der Waals surface area contributed by atoms with Gasteiger partial charge in [-0.3, -0.25) is 14.5 Å². The number of thiophene rings is 1. The van der Waals surface area contributed by atoms with E-state index in [1.165, 1.54) is 16.5 Å². The molecule has 0 aliphatic carbocycles. The molecule has 1 fully saturated rings. The van der Waals surface area contributed by atoms with E-state index in [0.717, 1.165) is 24.1 Å². The zero-order valence-electron chi connectivity index (χ0n) is 20.8. The normalized spacial score (nSPS) is 20.3. The molecule has 2 amide bonds. The molecule has 7 heteroatoms. The topological polar surface area (TPSA) is 43.9 Å². The van der Waals surface area contributed by atoms with E-state index in [-0.39, 0.29) is 29.7 Å². The third-order valence-corrected chi connectivity index (χ3v) is 8.38. The molecule has 2 aliphatic rings. The van der Waals surface area contributed by atoms with Gasteiger partial charge >= 0.3 is 0 Å². The van der Waals surface area contributed by atoms with Crippen molar-refractivity contribution in [3.05, 3.63) is 92.9 Å². The lowest BCUT2D eigenvalue weighted by Gasteiger charge is -2.41. The maximum atomic E-state index is 14.1. The molecule has 2 aliphatic heterocycles. The van der Waals surface area contributed by atoms with Crippen LogP contribution < -0.4 is 0 Å². The Balaban J connectivity index is 1.22. The van der Waals surface area contributed by atoms with Crippen molar-refractivity contribution in [1.82, 2.24) is 14.7 Å². The number of piperazine rings is 1. The molecule has 3 heterocycles. The van der Waals surface area contributed by atoms with E-state index in [0.29, 0.717) is 38.2 Å². The smallest absolute Gasteiger partial charge is 0.254 e. The fourth-order valence-electron chi connectivity index (χ4n) is 5.42. The standard InChI is InChI=1S/C29H32FN3O2S/c1-20-6-8-22(9-7-20)29(35)33-16-15-32(19-21(33)2)27(34)11-14-31-13-10-26-25(12-17-36-26)28(31)23-4-3-5-24(30)18-23/h3-9,12,17-18,21,28H,10-11,13-16,19H2,1-2H3. The Bertz CT molecular complexity index is 1240. The molecule has 3 aromatic rings. The molecule has 2 aromatic carbocycles. The van der Waals surface area contributed by atoms with Crippen molar-refractivity contribution < 1.29 is 14.0 Å². The molecule has 0 bridgehead atoms. The number of benzene rings is 2. The van der Waals surface area contributed by atoms with Crippen molar-refractivity contribution in [2.45, 2.75) is 38.8 Å². The van der Waals surface area contributed by atoms with Gasteiger partial charge in [0.05, 0.1) is 6.04 Å². The van der Waals surface area contributed by atoms with Crippen LogP contribution in [0.25, 0.3) is 0 Å². The van der Waals surface area contributed by atoms with E-state index in [2.05, 4.69) is 16.3 Å². The van der Waals surface area contributed by atoms with Crippen LogP contribution in [0.5, 0.6) is 0 Å². The van der Waals surface area contributed by atoms with E-state index >= 15 is 0 Å². The van der Waals surface area contributed by atoms with Crippen LogP contribution >= 0.6 is 11.3 Å². The summed E-state index contributed by atoms with van der Waals surface area (Å²) in [4.78, 5) is 33.6. The highest BCUT2D eigenvalue weighted by Gasteiger charge is 2.33. The maximum Gasteiger partial charge on any atom is 0.254 e. The molecule has 1 saturated heterocycles. The summed E-state index contributed by atoms with van der Waals surface area (Å²) in [5.74, 6) is -0.108. The molecule has 36 heavy (non-hydrogen) atoms. The molecule has 188 valence electrons. The van der Waals surface area contributed by atoms with Gasteiger partial charge in [0.1, 0.15) is 5.82 Å². The second-order valence-electron chi connectivity index (χ2n) is 9.85. The molecule has 0 radical (unpaired) electrons. The van der Waals surface area contributed by atoms with E-state index in [4.69, 9.17) is 0 Å². The number of hydrogen-bond donors (Lipinski definition) is 0. The second kappa shape index (κ2) is 10.5. The molecule has 2 unspecified atom stereocenters. The van der Waals surface area contributed by atoms with Crippen molar-refractivity contribution in [3.8, 4) is 0 Å². The van der Waals surface area contributed by atoms with Crippen LogP contribution in [0.3, 0.4) is 0 Å². The van der Waals surface area contributed by atoms with Gasteiger partial charge in [0.15, 0.2) is 0 Å². The van der Waals surface area contributed by atoms with E-state index < -0.39 is 0 Å². The van der Waals surface area contributed by atoms with Crippen LogP contribution in [0.1, 0.15) is 51.3 Å². The van der Waals surface area contributed by atoms with Crippen LogP contribution in [0.2, 0.25) is 0 Å². The van der Waals surface area contributed by atoms with Gasteiger partial charge in [-0.05, 0) is 67.1 Å². The van der Waals surface area contributed by atoms with Gasteiger partial charge in [0.2, 0.25) is 5.91 Å². The summed E-state index contributed by atoms with van der Waals surface area (Å²) in [6.07, 6.45) is 1.35. The monoisotopic (exact) mass is 505 g/mol. The Morgan fingerprint density at radius 1 is 1.06 bits per heavy atom. The predicted molar refractivity (Wildman–Crippen MR) is 141 cm³/mol. The Morgan fingerprint density at radius 3 is 2.61 bits per heavy atom. The third-order valence-electron chi connectivity index (χ3n) is 7.38. The quantitative estimate of drug-likeness (QED) is 0.495. The summed E-state index contributed by atoms with van der Waals surface area (Å²) in [5.41, 5.74) is 3.96. The van der Waals surface area contributed by atoms with Crippen molar-refractivity contribution in [2.75, 3.05) is 32.7 Å². The highest BCUT2D eigenvalue weighted by Crippen LogP contribution is 2.38. The van der Waals surface area contributed by atoms with E-state index in [9.17, 15) is 14.0 Å². The van der Waals surface area contributed by atoms with Crippen LogP contribution in [0, 0.1) is 12.7 Å². The SMILES string of the molecule is Cc1ccc(C(=O)N2CCN(C(=O)CCN3CCc4sccc4C3c3cccc(F)c3)CC2C)cc1. The largest absolute Gasteiger partial charge is 0.339 e. The summed E-state index contributed by atoms with van der Waals surface area (Å²) in [6, 6.07) is 16.5. The van der Waals surface area contributed by atoms with Gasteiger partial charge in [0, 0.05) is 55.6 Å². The number of amides is 2. The Morgan fingerprint density at radius 2 is 1.86 bits per heavy atom. The average molecular weight is 506 g/mol. The molecule has 0 spiro atoms. The lowest BCUT2D eigenvalue weighted by molar-refractivity contribution is -0.134. The minimum absolute atomic E-state index is 0.0208. The fourth-order valence-corrected chi connectivity index (χ4v) is 6.33. The lowest BCUT2D eigenvalue weighted by Crippen LogP contribution is -2.55. The van der Waals surface area contributed by atoms with Gasteiger partial charge in [-0.2, -0.15) is 0 Å². The Labute approximate surface area is 216 Å². The first-order chi connectivity index (χ1) is 17.4. The maximum absolute atomic E-state index is 14.1. The van der Waals surface area contributed by atoms with Crippen LogP contribution in [0.15, 0.2) is 60.0 Å². The number of rotatable bonds is 5. The first-order valence-corrected chi connectivity index (χ1v) is 13.5. The van der Waals surface area contributed by atoms with Gasteiger partial charge in [-0.1, -0.05) is 29.8 Å². The number of halogens is 1. The lowest BCUT2D eigenvalue weighted by atomic mass is 9.93. The number of nitrogens with zero attached hydrogens (tertiary/aromatic N) is 3. The fraction of sp³-hybridized carbons (Fsp3) is 0.379. The summed E-state index contributed by atoms with van der Waals surface area (Å²) in [5, 5.41) is 2.10. The molecule has 5 rings (SSSR count). The van der Waals surface area contributed by atoms with Crippen LogP contribution in [0.4, 0.5) is 4.39 Å². The third kappa shape index (κ3) is 5.08. The van der Waals surface area contributed by atoms with Gasteiger partial charge in [-0.15, -0.1) is 11.3 Å². The molecule has 0 saturated carbocycles. The van der Waals surface area contributed by atoms with Gasteiger partial charge in [0.25, 0.3) is 5.91 Å². The summed E-state index contributed by atoms with van der Waals surface area (Å²) in [7, 11) is 0. The molecular formula is C29H32FN3O2S. The second-order valence-corrected chi connectivity index (χ2v) is 10.8. The number of hydrogen-bond acceptors (Lipinski definition) is 4. The van der Waals surface area contributed by atoms with Gasteiger partial charge in [-0.25, -0.2) is 4.39 Å². The highest BCUT2D eigenvalue weighted by molar-refractivity contribution is 7.10. The van der Waals surface area contributed by atoms with Crippen molar-refractivity contribution in [1.29, 1.82) is 0 Å². The highest BCUT2D eigenvalue weighted by atomic mass is 32.1. The first kappa shape index (κ1) is 24.7. The van der Waals surface area contributed by atoms with Gasteiger partial charge < -0.3 is 9.80 Å². The zero-order valence-corrected chi connectivity index (χ0v) is 21.6. The minimum atomic E-state index is -0.238. The number of fused-ring (bicyclic) bond motifs is 1. The van der Waals surface area contributed by atoms with Crippen LogP contribution in [-0.4, -0.2) is 65.3 Å². The Hall–Kier alpha value is -3.03. The minimum Gasteiger partial charge on any atom is -0.339 e. The molecule has 5 nitrogen and oxygen atoms in total. The summed E-state index contributed by atoms with van der Waals surface area (Å²) >= 11 is 1.75. The van der Waals surface area contributed by atoms with E-state index in [1.54, 1.807) is 23.5 Å². The predicted octanol–water partition coefficient (Wildman–Crippen LogP) is 4.91. The zero-order chi connectivity index (χ0) is 25.2. The first-order valence-electron chi connectivity index (χ1n) is 12.6. The number of carbonyl (C=O) groups is 2. The van der Waals surface area contributed by atoms with Crippen molar-refractivity contribution >= 4 is 23.2 Å². The molecule has 0 N–H and O–H groups in total. The summed E-state index contributed by atoms with van der Waals surface area (Å²) < 4.78 is 14.1.